The molecule has 29 heavy (non-hydrogen) atoms. The third kappa shape index (κ3) is 3.46. The Morgan fingerprint density at radius 2 is 2.14 bits per heavy atom. The number of amides is 1. The van der Waals surface area contributed by atoms with Crippen molar-refractivity contribution >= 4 is 39.3 Å². The first kappa shape index (κ1) is 18.1. The number of fused-ring (bicyclic) bond motifs is 1. The number of Topliss-reactive ketones (excluding diaryl/α,β-unsaturated/α-hetero) is 1. The summed E-state index contributed by atoms with van der Waals surface area (Å²) in [4.78, 5) is 34.2. The van der Waals surface area contributed by atoms with Crippen molar-refractivity contribution in [1.82, 2.24) is 15.3 Å². The van der Waals surface area contributed by atoms with E-state index < -0.39 is 0 Å². The number of carbonyl (C=O) groups is 2. The van der Waals surface area contributed by atoms with Crippen molar-refractivity contribution in [1.29, 1.82) is 0 Å². The standard InChI is InChI=1S/C20H20N4O4S/c1-11(25)15-9-27-20(23-15)24-7-13(8-24)22-19(26)12-5-14(6-12)28-16-3-2-4-17-18(16)21-10-29-17/h2-4,9-10,12-14H,5-8H2,1H3,(H,22,26)/t12-,14-. The molecule has 1 saturated carbocycles. The minimum atomic E-state index is -0.127. The summed E-state index contributed by atoms with van der Waals surface area (Å²) < 4.78 is 12.5. The van der Waals surface area contributed by atoms with Crippen LogP contribution in [0, 0.1) is 5.92 Å². The molecule has 0 atom stereocenters. The van der Waals surface area contributed by atoms with E-state index in [2.05, 4.69) is 15.3 Å². The van der Waals surface area contributed by atoms with Crippen LogP contribution in [0.4, 0.5) is 6.01 Å². The van der Waals surface area contributed by atoms with Crippen LogP contribution in [-0.2, 0) is 4.79 Å². The van der Waals surface area contributed by atoms with Gasteiger partial charge in [0.2, 0.25) is 5.91 Å². The molecule has 3 aromatic rings. The summed E-state index contributed by atoms with van der Waals surface area (Å²) in [7, 11) is 0. The van der Waals surface area contributed by atoms with Gasteiger partial charge in [-0.05, 0) is 25.0 Å². The van der Waals surface area contributed by atoms with Crippen molar-refractivity contribution in [3.63, 3.8) is 0 Å². The Balaban J connectivity index is 1.08. The zero-order valence-corrected chi connectivity index (χ0v) is 16.6. The van der Waals surface area contributed by atoms with E-state index in [1.54, 1.807) is 11.3 Å². The SMILES string of the molecule is CC(=O)c1coc(N2CC(NC(=O)[C@H]3C[C@H](Oc4cccc5scnc45)C3)C2)n1. The summed E-state index contributed by atoms with van der Waals surface area (Å²) in [5.74, 6) is 0.712. The second kappa shape index (κ2) is 7.14. The van der Waals surface area contributed by atoms with Gasteiger partial charge in [0.1, 0.15) is 29.3 Å². The van der Waals surface area contributed by atoms with Gasteiger partial charge >= 0.3 is 0 Å². The molecule has 1 aliphatic heterocycles. The molecule has 1 aliphatic carbocycles. The number of nitrogens with one attached hydrogen (secondary N) is 1. The van der Waals surface area contributed by atoms with Crippen molar-refractivity contribution < 1.29 is 18.7 Å². The molecule has 1 saturated heterocycles. The second-order valence-corrected chi connectivity index (χ2v) is 8.43. The fraction of sp³-hybridized carbons (Fsp3) is 0.400. The van der Waals surface area contributed by atoms with Crippen LogP contribution in [0.15, 0.2) is 34.4 Å². The Labute approximate surface area is 170 Å². The topological polar surface area (TPSA) is 97.6 Å². The maximum atomic E-state index is 12.5. The van der Waals surface area contributed by atoms with Gasteiger partial charge in [0.15, 0.2) is 5.78 Å². The van der Waals surface area contributed by atoms with Gasteiger partial charge in [-0.1, -0.05) is 6.07 Å². The lowest BCUT2D eigenvalue weighted by atomic mass is 9.81. The van der Waals surface area contributed by atoms with Crippen LogP contribution in [0.1, 0.15) is 30.3 Å². The number of ketones is 1. The third-order valence-corrected chi connectivity index (χ3v) is 6.23. The normalized spacial score (nSPS) is 21.5. The van der Waals surface area contributed by atoms with Gasteiger partial charge in [0.05, 0.1) is 16.3 Å². The van der Waals surface area contributed by atoms with Crippen LogP contribution in [0.5, 0.6) is 5.75 Å². The van der Waals surface area contributed by atoms with E-state index >= 15 is 0 Å². The Bertz CT molecular complexity index is 1070. The van der Waals surface area contributed by atoms with E-state index in [-0.39, 0.29) is 29.8 Å². The first-order valence-corrected chi connectivity index (χ1v) is 10.5. The molecule has 150 valence electrons. The molecule has 0 unspecified atom stereocenters. The zero-order chi connectivity index (χ0) is 20.0. The smallest absolute Gasteiger partial charge is 0.298 e. The number of benzene rings is 1. The lowest BCUT2D eigenvalue weighted by Gasteiger charge is -2.41. The molecule has 9 heteroatoms. The van der Waals surface area contributed by atoms with Gasteiger partial charge in [0, 0.05) is 25.9 Å². The molecule has 2 fully saturated rings. The predicted octanol–water partition coefficient (Wildman–Crippen LogP) is 2.65. The average Bonchev–Trinajstić information content (AvgIpc) is 3.29. The fourth-order valence-corrected chi connectivity index (χ4v) is 4.32. The van der Waals surface area contributed by atoms with E-state index in [0.717, 1.165) is 16.0 Å². The van der Waals surface area contributed by atoms with Crippen LogP contribution < -0.4 is 15.0 Å². The van der Waals surface area contributed by atoms with Gasteiger partial charge in [-0.3, -0.25) is 9.59 Å². The molecule has 2 aromatic heterocycles. The number of aromatic nitrogens is 2. The second-order valence-electron chi connectivity index (χ2n) is 7.55. The lowest BCUT2D eigenvalue weighted by molar-refractivity contribution is -0.131. The zero-order valence-electron chi connectivity index (χ0n) is 15.8. The summed E-state index contributed by atoms with van der Waals surface area (Å²) in [5, 5.41) is 3.07. The highest BCUT2D eigenvalue weighted by Gasteiger charge is 2.39. The Hall–Kier alpha value is -2.94. The summed E-state index contributed by atoms with van der Waals surface area (Å²) in [6, 6.07) is 6.41. The first-order valence-electron chi connectivity index (χ1n) is 9.57. The van der Waals surface area contributed by atoms with E-state index in [9.17, 15) is 9.59 Å². The molecular formula is C20H20N4O4S. The molecule has 1 amide bonds. The molecule has 3 heterocycles. The fourth-order valence-electron chi connectivity index (χ4n) is 3.63. The minimum absolute atomic E-state index is 0.0188. The number of carbonyl (C=O) groups excluding carboxylic acids is 2. The average molecular weight is 412 g/mol. The quantitative estimate of drug-likeness (QED) is 0.622. The lowest BCUT2D eigenvalue weighted by Crippen LogP contribution is -2.61. The van der Waals surface area contributed by atoms with Gasteiger partial charge < -0.3 is 19.4 Å². The van der Waals surface area contributed by atoms with Crippen molar-refractivity contribution in [2.45, 2.75) is 31.9 Å². The molecule has 5 rings (SSSR count). The van der Waals surface area contributed by atoms with Crippen molar-refractivity contribution in [3.05, 3.63) is 35.7 Å². The molecule has 1 aromatic carbocycles. The van der Waals surface area contributed by atoms with E-state index in [0.29, 0.717) is 37.6 Å². The monoisotopic (exact) mass is 412 g/mol. The maximum absolute atomic E-state index is 12.5. The molecule has 8 nitrogen and oxygen atoms in total. The van der Waals surface area contributed by atoms with Gasteiger partial charge in [-0.2, -0.15) is 4.98 Å². The van der Waals surface area contributed by atoms with Gasteiger partial charge in [0.25, 0.3) is 6.01 Å². The number of hydrogen-bond donors (Lipinski definition) is 1. The molecule has 1 N–H and O–H groups in total. The van der Waals surface area contributed by atoms with Crippen molar-refractivity contribution in [2.75, 3.05) is 18.0 Å². The maximum Gasteiger partial charge on any atom is 0.298 e. The van der Waals surface area contributed by atoms with E-state index in [4.69, 9.17) is 9.15 Å². The predicted molar refractivity (Wildman–Crippen MR) is 107 cm³/mol. The number of para-hydroxylation sites is 1. The van der Waals surface area contributed by atoms with Crippen molar-refractivity contribution in [2.24, 2.45) is 5.92 Å². The van der Waals surface area contributed by atoms with Crippen LogP contribution in [-0.4, -0.2) is 46.9 Å². The van der Waals surface area contributed by atoms with E-state index in [1.165, 1.54) is 13.2 Å². The molecule has 0 bridgehead atoms. The van der Waals surface area contributed by atoms with Crippen LogP contribution in [0.3, 0.4) is 0 Å². The minimum Gasteiger partial charge on any atom is -0.488 e. The number of hydrogen-bond acceptors (Lipinski definition) is 8. The summed E-state index contributed by atoms with van der Waals surface area (Å²) in [6.07, 6.45) is 2.84. The van der Waals surface area contributed by atoms with Gasteiger partial charge in [-0.25, -0.2) is 4.98 Å². The number of thiazole rings is 1. The third-order valence-electron chi connectivity index (χ3n) is 5.43. The number of anilines is 1. The number of ether oxygens (including phenoxy) is 1. The Kier molecular flexibility index (Phi) is 4.46. The number of rotatable bonds is 6. The van der Waals surface area contributed by atoms with Crippen LogP contribution in [0.25, 0.3) is 10.2 Å². The highest BCUT2D eigenvalue weighted by atomic mass is 32.1. The number of nitrogens with zero attached hydrogens (tertiary/aromatic N) is 3. The van der Waals surface area contributed by atoms with Crippen LogP contribution in [0.2, 0.25) is 0 Å². The molecular weight excluding hydrogens is 392 g/mol. The molecule has 0 radical (unpaired) electrons. The summed E-state index contributed by atoms with van der Waals surface area (Å²) in [6.45, 7) is 2.71. The van der Waals surface area contributed by atoms with Crippen molar-refractivity contribution in [3.8, 4) is 5.75 Å². The number of oxazole rings is 1. The highest BCUT2D eigenvalue weighted by Crippen LogP contribution is 2.35. The molecule has 2 aliphatic rings. The Morgan fingerprint density at radius 1 is 1.31 bits per heavy atom. The summed E-state index contributed by atoms with van der Waals surface area (Å²) in [5.41, 5.74) is 3.02. The van der Waals surface area contributed by atoms with Crippen LogP contribution >= 0.6 is 11.3 Å². The summed E-state index contributed by atoms with van der Waals surface area (Å²) >= 11 is 1.59. The molecule has 0 spiro atoms. The Morgan fingerprint density at radius 3 is 2.90 bits per heavy atom. The first-order chi connectivity index (χ1) is 14.1. The van der Waals surface area contributed by atoms with Gasteiger partial charge in [-0.15, -0.1) is 11.3 Å². The highest BCUT2D eigenvalue weighted by molar-refractivity contribution is 7.16. The largest absolute Gasteiger partial charge is 0.488 e. The van der Waals surface area contributed by atoms with E-state index in [1.807, 2.05) is 28.6 Å².